The first-order valence-corrected chi connectivity index (χ1v) is 10.3. The van der Waals surface area contributed by atoms with Crippen LogP contribution in [0.4, 0.5) is 0 Å². The van der Waals surface area contributed by atoms with Gasteiger partial charge in [-0.05, 0) is 32.6 Å². The fraction of sp³-hybridized carbons (Fsp3) is 0.500. The number of nitrogens with zero attached hydrogens (tertiary/aromatic N) is 2. The van der Waals surface area contributed by atoms with E-state index in [2.05, 4.69) is 10.5 Å². The van der Waals surface area contributed by atoms with Gasteiger partial charge in [-0.3, -0.25) is 9.59 Å². The molecule has 1 N–H and O–H groups in total. The van der Waals surface area contributed by atoms with E-state index >= 15 is 0 Å². The van der Waals surface area contributed by atoms with Crippen LogP contribution < -0.4 is 5.32 Å². The number of benzene rings is 1. The Hall–Kier alpha value is -2.67. The number of amides is 2. The van der Waals surface area contributed by atoms with Crippen molar-refractivity contribution in [3.05, 3.63) is 41.6 Å². The second-order valence-electron chi connectivity index (χ2n) is 7.91. The number of nitrogens with one attached hydrogen (secondary N) is 1. The lowest BCUT2D eigenvalue weighted by Gasteiger charge is -2.31. The Morgan fingerprint density at radius 3 is 2.79 bits per heavy atom. The SMILES string of the molecule is Cc1ccc(-c2cc(C(=O)N3CCC[C@H](C(=O)NC[C@H]4CCCO4)C3)no2)cc1. The number of aromatic nitrogens is 1. The summed E-state index contributed by atoms with van der Waals surface area (Å²) in [5.74, 6) is 0.177. The van der Waals surface area contributed by atoms with E-state index < -0.39 is 0 Å². The van der Waals surface area contributed by atoms with Gasteiger partial charge in [-0.25, -0.2) is 0 Å². The highest BCUT2D eigenvalue weighted by Crippen LogP contribution is 2.23. The zero-order valence-corrected chi connectivity index (χ0v) is 16.7. The molecule has 1 aromatic carbocycles. The van der Waals surface area contributed by atoms with Crippen molar-refractivity contribution in [3.63, 3.8) is 0 Å². The molecule has 3 heterocycles. The molecule has 1 aromatic heterocycles. The lowest BCUT2D eigenvalue weighted by atomic mass is 9.96. The van der Waals surface area contributed by atoms with E-state index in [9.17, 15) is 9.59 Å². The maximum atomic E-state index is 12.9. The monoisotopic (exact) mass is 397 g/mol. The van der Waals surface area contributed by atoms with Gasteiger partial charge >= 0.3 is 0 Å². The second-order valence-corrected chi connectivity index (χ2v) is 7.91. The lowest BCUT2D eigenvalue weighted by Crippen LogP contribution is -2.46. The number of piperidine rings is 1. The number of carbonyl (C=O) groups excluding carboxylic acids is 2. The van der Waals surface area contributed by atoms with E-state index in [-0.39, 0.29) is 29.5 Å². The highest BCUT2D eigenvalue weighted by atomic mass is 16.5. The van der Waals surface area contributed by atoms with Crippen molar-refractivity contribution in [2.45, 2.75) is 38.7 Å². The number of hydrogen-bond donors (Lipinski definition) is 1. The lowest BCUT2D eigenvalue weighted by molar-refractivity contribution is -0.126. The summed E-state index contributed by atoms with van der Waals surface area (Å²) in [4.78, 5) is 27.1. The number of likely N-dealkylation sites (tertiary alicyclic amines) is 1. The Labute approximate surface area is 170 Å². The van der Waals surface area contributed by atoms with Crippen LogP contribution in [0.5, 0.6) is 0 Å². The first kappa shape index (κ1) is 19.6. The number of ether oxygens (including phenoxy) is 1. The number of aryl methyl sites for hydroxylation is 1. The largest absolute Gasteiger partial charge is 0.376 e. The zero-order valence-electron chi connectivity index (χ0n) is 16.7. The molecule has 29 heavy (non-hydrogen) atoms. The van der Waals surface area contributed by atoms with Crippen LogP contribution in [0.1, 0.15) is 41.7 Å². The average Bonchev–Trinajstić information content (AvgIpc) is 3.44. The van der Waals surface area contributed by atoms with Crippen molar-refractivity contribution in [2.75, 3.05) is 26.2 Å². The molecule has 0 unspecified atom stereocenters. The summed E-state index contributed by atoms with van der Waals surface area (Å²) in [7, 11) is 0. The normalized spacial score (nSPS) is 21.9. The van der Waals surface area contributed by atoms with Crippen LogP contribution in [0.25, 0.3) is 11.3 Å². The highest BCUT2D eigenvalue weighted by Gasteiger charge is 2.30. The van der Waals surface area contributed by atoms with Crippen molar-refractivity contribution < 1.29 is 18.8 Å². The summed E-state index contributed by atoms with van der Waals surface area (Å²) in [5.41, 5.74) is 2.31. The summed E-state index contributed by atoms with van der Waals surface area (Å²) >= 11 is 0. The molecule has 2 aliphatic rings. The molecule has 7 heteroatoms. The summed E-state index contributed by atoms with van der Waals surface area (Å²) in [6, 6.07) is 9.54. The van der Waals surface area contributed by atoms with Crippen molar-refractivity contribution in [3.8, 4) is 11.3 Å². The van der Waals surface area contributed by atoms with Gasteiger partial charge < -0.3 is 19.5 Å². The van der Waals surface area contributed by atoms with Gasteiger partial charge in [-0.2, -0.15) is 0 Å². The predicted molar refractivity (Wildman–Crippen MR) is 107 cm³/mol. The third kappa shape index (κ3) is 4.67. The maximum Gasteiger partial charge on any atom is 0.276 e. The Morgan fingerprint density at radius 2 is 2.03 bits per heavy atom. The van der Waals surface area contributed by atoms with Gasteiger partial charge in [0.15, 0.2) is 11.5 Å². The van der Waals surface area contributed by atoms with Gasteiger partial charge in [0.2, 0.25) is 5.91 Å². The Morgan fingerprint density at radius 1 is 1.21 bits per heavy atom. The summed E-state index contributed by atoms with van der Waals surface area (Å²) < 4.78 is 10.9. The zero-order chi connectivity index (χ0) is 20.2. The molecular formula is C22H27N3O4. The minimum atomic E-state index is -0.197. The molecule has 0 saturated carbocycles. The second kappa shape index (κ2) is 8.78. The molecular weight excluding hydrogens is 370 g/mol. The quantitative estimate of drug-likeness (QED) is 0.839. The molecule has 2 aromatic rings. The molecule has 7 nitrogen and oxygen atoms in total. The van der Waals surface area contributed by atoms with Crippen molar-refractivity contribution in [1.82, 2.24) is 15.4 Å². The van der Waals surface area contributed by atoms with Gasteiger partial charge in [0.05, 0.1) is 12.0 Å². The van der Waals surface area contributed by atoms with Gasteiger partial charge in [0.1, 0.15) is 0 Å². The standard InChI is InChI=1S/C22H27N3O4/c1-15-6-8-16(9-7-15)20-12-19(24-29-20)22(27)25-10-2-4-17(14-25)21(26)23-13-18-5-3-11-28-18/h6-9,12,17-18H,2-5,10-11,13-14H2,1H3,(H,23,26)/t17-,18+/m0/s1. The molecule has 2 fully saturated rings. The number of hydrogen-bond acceptors (Lipinski definition) is 5. The fourth-order valence-corrected chi connectivity index (χ4v) is 3.93. The maximum absolute atomic E-state index is 12.9. The van der Waals surface area contributed by atoms with E-state index in [1.807, 2.05) is 31.2 Å². The number of carbonyl (C=O) groups is 2. The van der Waals surface area contributed by atoms with Gasteiger partial charge in [0.25, 0.3) is 5.91 Å². The van der Waals surface area contributed by atoms with E-state index in [0.717, 1.165) is 43.4 Å². The molecule has 2 atom stereocenters. The van der Waals surface area contributed by atoms with Crippen LogP contribution in [-0.4, -0.2) is 54.2 Å². The molecule has 0 bridgehead atoms. The molecule has 2 aliphatic heterocycles. The van der Waals surface area contributed by atoms with Gasteiger partial charge in [0, 0.05) is 37.9 Å². The molecule has 0 aliphatic carbocycles. The third-order valence-corrected chi connectivity index (χ3v) is 5.67. The van der Waals surface area contributed by atoms with E-state index in [0.29, 0.717) is 25.4 Å². The summed E-state index contributed by atoms with van der Waals surface area (Å²) in [5, 5.41) is 6.95. The number of rotatable bonds is 5. The average molecular weight is 397 g/mol. The van der Waals surface area contributed by atoms with Gasteiger partial charge in [-0.1, -0.05) is 35.0 Å². The van der Waals surface area contributed by atoms with Crippen LogP contribution >= 0.6 is 0 Å². The topological polar surface area (TPSA) is 84.7 Å². The highest BCUT2D eigenvalue weighted by molar-refractivity contribution is 5.93. The summed E-state index contributed by atoms with van der Waals surface area (Å²) in [6.07, 6.45) is 3.75. The van der Waals surface area contributed by atoms with E-state index in [4.69, 9.17) is 9.26 Å². The first-order chi connectivity index (χ1) is 14.1. The van der Waals surface area contributed by atoms with Crippen molar-refractivity contribution >= 4 is 11.8 Å². The molecule has 154 valence electrons. The predicted octanol–water partition coefficient (Wildman–Crippen LogP) is 2.80. The van der Waals surface area contributed by atoms with Crippen LogP contribution in [0.2, 0.25) is 0 Å². The first-order valence-electron chi connectivity index (χ1n) is 10.3. The molecule has 0 radical (unpaired) electrons. The fourth-order valence-electron chi connectivity index (χ4n) is 3.93. The van der Waals surface area contributed by atoms with Crippen LogP contribution in [-0.2, 0) is 9.53 Å². The van der Waals surface area contributed by atoms with Crippen LogP contribution in [0.3, 0.4) is 0 Å². The minimum Gasteiger partial charge on any atom is -0.376 e. The third-order valence-electron chi connectivity index (χ3n) is 5.67. The molecule has 0 spiro atoms. The van der Waals surface area contributed by atoms with Crippen LogP contribution in [0, 0.1) is 12.8 Å². The Balaban J connectivity index is 1.36. The molecule has 2 saturated heterocycles. The Bertz CT molecular complexity index is 855. The van der Waals surface area contributed by atoms with Crippen LogP contribution in [0.15, 0.2) is 34.9 Å². The smallest absolute Gasteiger partial charge is 0.276 e. The molecule has 2 amide bonds. The van der Waals surface area contributed by atoms with Crippen molar-refractivity contribution in [2.24, 2.45) is 5.92 Å². The van der Waals surface area contributed by atoms with Crippen molar-refractivity contribution in [1.29, 1.82) is 0 Å². The van der Waals surface area contributed by atoms with E-state index in [1.165, 1.54) is 0 Å². The molecule has 4 rings (SSSR count). The van der Waals surface area contributed by atoms with Gasteiger partial charge in [-0.15, -0.1) is 0 Å². The Kier molecular flexibility index (Phi) is 5.94. The van der Waals surface area contributed by atoms with E-state index in [1.54, 1.807) is 11.0 Å². The summed E-state index contributed by atoms with van der Waals surface area (Å²) in [6.45, 7) is 4.37. The minimum absolute atomic E-state index is 0.00139.